The summed E-state index contributed by atoms with van der Waals surface area (Å²) in [5, 5.41) is 20.9. The first-order valence-corrected chi connectivity index (χ1v) is 8.62. The van der Waals surface area contributed by atoms with Crippen LogP contribution in [0.3, 0.4) is 0 Å². The number of carboxylic acid groups (broad SMARTS) is 1. The molecular weight excluding hydrogens is 300 g/mol. The summed E-state index contributed by atoms with van der Waals surface area (Å²) >= 11 is 6.05. The monoisotopic (exact) mass is 322 g/mol. The van der Waals surface area contributed by atoms with E-state index in [9.17, 15) is 15.0 Å². The summed E-state index contributed by atoms with van der Waals surface area (Å²) in [5.74, 6) is -0.826. The minimum absolute atomic E-state index is 0.199. The van der Waals surface area contributed by atoms with Gasteiger partial charge < -0.3 is 10.2 Å². The van der Waals surface area contributed by atoms with Gasteiger partial charge in [-0.2, -0.15) is 0 Å². The predicted octanol–water partition coefficient (Wildman–Crippen LogP) is 4.09. The van der Waals surface area contributed by atoms with E-state index in [2.05, 4.69) is 0 Å². The van der Waals surface area contributed by atoms with Crippen LogP contribution in [0.5, 0.6) is 0 Å². The van der Waals surface area contributed by atoms with E-state index in [1.54, 1.807) is 18.2 Å². The van der Waals surface area contributed by atoms with Gasteiger partial charge in [0.05, 0.1) is 12.0 Å². The number of halogens is 1. The van der Waals surface area contributed by atoms with Crippen molar-refractivity contribution in [2.75, 3.05) is 0 Å². The molecule has 2 N–H and O–H groups in total. The molecule has 1 aromatic rings. The van der Waals surface area contributed by atoms with E-state index >= 15 is 0 Å². The molecule has 0 aromatic heterocycles. The Bertz CT molecular complexity index is 545. The van der Waals surface area contributed by atoms with Gasteiger partial charge in [-0.15, -0.1) is 0 Å². The molecule has 3 rings (SSSR count). The van der Waals surface area contributed by atoms with Crippen LogP contribution in [0.15, 0.2) is 24.3 Å². The number of fused-ring (bicyclic) bond motifs is 1. The number of hydrogen-bond acceptors (Lipinski definition) is 2. The second-order valence-corrected chi connectivity index (χ2v) is 7.24. The number of benzene rings is 1. The molecule has 0 amide bonds. The highest BCUT2D eigenvalue weighted by atomic mass is 35.5. The average Bonchev–Trinajstić information content (AvgIpc) is 2.50. The van der Waals surface area contributed by atoms with Crippen LogP contribution in [0.4, 0.5) is 0 Å². The number of aliphatic hydroxyl groups excluding tert-OH is 1. The third-order valence-electron chi connectivity index (χ3n) is 5.60. The first-order valence-electron chi connectivity index (χ1n) is 8.24. The molecule has 2 fully saturated rings. The van der Waals surface area contributed by atoms with Crippen LogP contribution in [0, 0.1) is 17.8 Å². The summed E-state index contributed by atoms with van der Waals surface area (Å²) in [6.07, 6.45) is 5.82. The Morgan fingerprint density at radius 2 is 1.95 bits per heavy atom. The first-order chi connectivity index (χ1) is 10.6. The van der Waals surface area contributed by atoms with Crippen LogP contribution < -0.4 is 0 Å². The molecule has 5 atom stereocenters. The minimum Gasteiger partial charge on any atom is -0.481 e. The molecule has 0 saturated heterocycles. The molecule has 5 unspecified atom stereocenters. The predicted molar refractivity (Wildman–Crippen MR) is 86.0 cm³/mol. The SMILES string of the molecule is O=C(O)C(c1cccc(Cl)c1)C1C(O)CCC2CCCCC21. The van der Waals surface area contributed by atoms with Crippen molar-refractivity contribution >= 4 is 17.6 Å². The Balaban J connectivity index is 1.96. The maximum Gasteiger partial charge on any atom is 0.311 e. The third-order valence-corrected chi connectivity index (χ3v) is 5.83. The number of rotatable bonds is 3. The maximum atomic E-state index is 12.0. The van der Waals surface area contributed by atoms with Gasteiger partial charge in [0.2, 0.25) is 0 Å². The normalized spacial score (nSPS) is 33.0. The Kier molecular flexibility index (Phi) is 4.74. The molecule has 2 aliphatic carbocycles. The van der Waals surface area contributed by atoms with Gasteiger partial charge in [-0.25, -0.2) is 0 Å². The fourth-order valence-corrected chi connectivity index (χ4v) is 4.86. The van der Waals surface area contributed by atoms with Gasteiger partial charge in [0.25, 0.3) is 0 Å². The number of hydrogen-bond donors (Lipinski definition) is 2. The smallest absolute Gasteiger partial charge is 0.311 e. The van der Waals surface area contributed by atoms with E-state index < -0.39 is 18.0 Å². The summed E-state index contributed by atoms with van der Waals surface area (Å²) in [7, 11) is 0. The zero-order valence-electron chi connectivity index (χ0n) is 12.6. The molecule has 22 heavy (non-hydrogen) atoms. The zero-order chi connectivity index (χ0) is 15.7. The Morgan fingerprint density at radius 3 is 2.68 bits per heavy atom. The molecule has 0 bridgehead atoms. The molecule has 1 aromatic carbocycles. The van der Waals surface area contributed by atoms with Crippen LogP contribution in [-0.4, -0.2) is 22.3 Å². The molecule has 4 heteroatoms. The van der Waals surface area contributed by atoms with Gasteiger partial charge in [0, 0.05) is 10.9 Å². The lowest BCUT2D eigenvalue weighted by molar-refractivity contribution is -0.145. The van der Waals surface area contributed by atoms with Crippen molar-refractivity contribution in [3.05, 3.63) is 34.9 Å². The highest BCUT2D eigenvalue weighted by Crippen LogP contribution is 2.49. The highest BCUT2D eigenvalue weighted by Gasteiger charge is 2.46. The van der Waals surface area contributed by atoms with Gasteiger partial charge in [-0.3, -0.25) is 4.79 Å². The van der Waals surface area contributed by atoms with E-state index in [0.29, 0.717) is 16.9 Å². The largest absolute Gasteiger partial charge is 0.481 e. The fraction of sp³-hybridized carbons (Fsp3) is 0.611. The van der Waals surface area contributed by atoms with Crippen molar-refractivity contribution in [1.29, 1.82) is 0 Å². The first kappa shape index (κ1) is 15.8. The van der Waals surface area contributed by atoms with Crippen LogP contribution in [0.25, 0.3) is 0 Å². The number of carbonyl (C=O) groups is 1. The van der Waals surface area contributed by atoms with Crippen LogP contribution in [0.1, 0.15) is 50.0 Å². The molecule has 2 aliphatic rings. The molecule has 0 spiro atoms. The highest BCUT2D eigenvalue weighted by molar-refractivity contribution is 6.30. The van der Waals surface area contributed by atoms with Gasteiger partial charge in [-0.1, -0.05) is 43.0 Å². The quantitative estimate of drug-likeness (QED) is 0.881. The minimum atomic E-state index is -0.849. The van der Waals surface area contributed by atoms with E-state index in [4.69, 9.17) is 11.6 Å². The van der Waals surface area contributed by atoms with Crippen molar-refractivity contribution in [3.8, 4) is 0 Å². The summed E-state index contributed by atoms with van der Waals surface area (Å²) in [5.41, 5.74) is 0.718. The summed E-state index contributed by atoms with van der Waals surface area (Å²) < 4.78 is 0. The number of carboxylic acids is 1. The summed E-state index contributed by atoms with van der Waals surface area (Å²) in [6, 6.07) is 7.11. The van der Waals surface area contributed by atoms with Crippen LogP contribution in [-0.2, 0) is 4.79 Å². The van der Waals surface area contributed by atoms with Gasteiger partial charge in [0.1, 0.15) is 0 Å². The van der Waals surface area contributed by atoms with Crippen molar-refractivity contribution < 1.29 is 15.0 Å². The van der Waals surface area contributed by atoms with Crippen LogP contribution in [0.2, 0.25) is 5.02 Å². The lowest BCUT2D eigenvalue weighted by Crippen LogP contribution is -2.44. The zero-order valence-corrected chi connectivity index (χ0v) is 13.4. The third kappa shape index (κ3) is 3.02. The number of aliphatic carboxylic acids is 1. The topological polar surface area (TPSA) is 57.5 Å². The Labute approximate surface area is 136 Å². The molecule has 2 saturated carbocycles. The average molecular weight is 323 g/mol. The molecule has 0 heterocycles. The fourth-order valence-electron chi connectivity index (χ4n) is 4.66. The van der Waals surface area contributed by atoms with E-state index in [0.717, 1.165) is 31.2 Å². The molecule has 3 nitrogen and oxygen atoms in total. The summed E-state index contributed by atoms with van der Waals surface area (Å²) in [6.45, 7) is 0. The summed E-state index contributed by atoms with van der Waals surface area (Å²) in [4.78, 5) is 12.0. The van der Waals surface area contributed by atoms with Crippen LogP contribution >= 0.6 is 11.6 Å². The van der Waals surface area contributed by atoms with E-state index in [1.807, 2.05) is 6.07 Å². The van der Waals surface area contributed by atoms with Crippen molar-refractivity contribution in [3.63, 3.8) is 0 Å². The Morgan fingerprint density at radius 1 is 1.18 bits per heavy atom. The van der Waals surface area contributed by atoms with E-state index in [1.165, 1.54) is 12.8 Å². The Hall–Kier alpha value is -1.06. The van der Waals surface area contributed by atoms with E-state index in [-0.39, 0.29) is 5.92 Å². The molecule has 0 aliphatic heterocycles. The molecular formula is C18H23ClO3. The van der Waals surface area contributed by atoms with Crippen molar-refractivity contribution in [1.82, 2.24) is 0 Å². The second-order valence-electron chi connectivity index (χ2n) is 6.80. The standard InChI is InChI=1S/C18H23ClO3/c19-13-6-3-5-12(10-13)16(18(21)22)17-14-7-2-1-4-11(14)8-9-15(17)20/h3,5-6,10-11,14-17,20H,1-2,4,7-9H2,(H,21,22). The molecule has 120 valence electrons. The lowest BCUT2D eigenvalue weighted by atomic mass is 9.60. The van der Waals surface area contributed by atoms with Gasteiger partial charge >= 0.3 is 5.97 Å². The van der Waals surface area contributed by atoms with Gasteiger partial charge in [-0.05, 0) is 48.8 Å². The lowest BCUT2D eigenvalue weighted by Gasteiger charge is -2.46. The van der Waals surface area contributed by atoms with Crippen molar-refractivity contribution in [2.24, 2.45) is 17.8 Å². The maximum absolute atomic E-state index is 12.0. The van der Waals surface area contributed by atoms with Crippen molar-refractivity contribution in [2.45, 2.75) is 50.5 Å². The molecule has 0 radical (unpaired) electrons. The number of aliphatic hydroxyl groups is 1. The second kappa shape index (κ2) is 6.59. The van der Waals surface area contributed by atoms with Gasteiger partial charge in [0.15, 0.2) is 0 Å².